The van der Waals surface area contributed by atoms with E-state index in [-0.39, 0.29) is 18.0 Å². The van der Waals surface area contributed by atoms with E-state index in [1.807, 2.05) is 13.8 Å². The van der Waals surface area contributed by atoms with Crippen LogP contribution in [0.3, 0.4) is 0 Å². The van der Waals surface area contributed by atoms with E-state index in [1.54, 1.807) is 13.1 Å². The molecule has 0 saturated carbocycles. The third kappa shape index (κ3) is 2.31. The first-order valence-electron chi connectivity index (χ1n) is 6.61. The Kier molecular flexibility index (Phi) is 3.53. The number of aryl methyl sites for hydroxylation is 2. The Morgan fingerprint density at radius 1 is 1.45 bits per heavy atom. The summed E-state index contributed by atoms with van der Waals surface area (Å²) in [4.78, 5) is 32.2. The summed E-state index contributed by atoms with van der Waals surface area (Å²) in [7, 11) is 1.58. The summed E-state index contributed by atoms with van der Waals surface area (Å²) in [6.45, 7) is 3.75. The molecule has 0 aromatic carbocycles. The van der Waals surface area contributed by atoms with Crippen molar-refractivity contribution in [2.75, 3.05) is 11.9 Å². The van der Waals surface area contributed by atoms with E-state index in [4.69, 9.17) is 4.52 Å². The molecule has 1 amide bonds. The maximum atomic E-state index is 12.5. The maximum Gasteiger partial charge on any atom is 0.262 e. The van der Waals surface area contributed by atoms with Gasteiger partial charge in [0.1, 0.15) is 17.6 Å². The van der Waals surface area contributed by atoms with Crippen LogP contribution in [-0.4, -0.2) is 27.7 Å². The number of carbonyl (C=O) groups excluding carboxylic acids is 1. The van der Waals surface area contributed by atoms with Gasteiger partial charge in [-0.05, 0) is 19.4 Å². The molecule has 22 heavy (non-hydrogen) atoms. The number of aromatic nitrogens is 3. The fraction of sp³-hybridized carbons (Fsp3) is 0.286. The summed E-state index contributed by atoms with van der Waals surface area (Å²) in [5.41, 5.74) is 0.720. The van der Waals surface area contributed by atoms with Crippen LogP contribution < -0.4 is 10.5 Å². The molecule has 0 N–H and O–H groups in total. The highest BCUT2D eigenvalue weighted by molar-refractivity contribution is 7.18. The van der Waals surface area contributed by atoms with Crippen molar-refractivity contribution in [2.24, 2.45) is 0 Å². The average Bonchev–Trinajstić information content (AvgIpc) is 3.11. The van der Waals surface area contributed by atoms with Crippen LogP contribution in [0.1, 0.15) is 10.4 Å². The molecule has 0 radical (unpaired) electrons. The molecule has 0 unspecified atom stereocenters. The van der Waals surface area contributed by atoms with Crippen LogP contribution >= 0.6 is 11.3 Å². The van der Waals surface area contributed by atoms with Gasteiger partial charge in [0.25, 0.3) is 5.56 Å². The first-order chi connectivity index (χ1) is 10.5. The number of thiophene rings is 1. The van der Waals surface area contributed by atoms with E-state index in [0.29, 0.717) is 16.0 Å². The van der Waals surface area contributed by atoms with Gasteiger partial charge in [-0.25, -0.2) is 4.98 Å². The van der Waals surface area contributed by atoms with Gasteiger partial charge < -0.3 is 4.52 Å². The van der Waals surface area contributed by atoms with Crippen LogP contribution in [0.5, 0.6) is 0 Å². The Hall–Kier alpha value is -2.48. The molecule has 0 bridgehead atoms. The van der Waals surface area contributed by atoms with Gasteiger partial charge in [0.2, 0.25) is 5.91 Å². The van der Waals surface area contributed by atoms with Crippen LogP contribution in [0.4, 0.5) is 5.82 Å². The minimum Gasteiger partial charge on any atom is -0.363 e. The molecule has 0 saturated heterocycles. The molecule has 0 fully saturated rings. The second-order valence-electron chi connectivity index (χ2n) is 4.95. The fourth-order valence-electron chi connectivity index (χ4n) is 2.14. The van der Waals surface area contributed by atoms with Crippen molar-refractivity contribution in [1.82, 2.24) is 14.7 Å². The number of anilines is 1. The van der Waals surface area contributed by atoms with E-state index in [1.165, 1.54) is 33.4 Å². The van der Waals surface area contributed by atoms with Crippen LogP contribution in [0, 0.1) is 13.8 Å². The third-order valence-corrected chi connectivity index (χ3v) is 4.72. The zero-order chi connectivity index (χ0) is 15.9. The molecule has 114 valence electrons. The molecule has 3 aromatic rings. The van der Waals surface area contributed by atoms with Crippen LogP contribution in [0.2, 0.25) is 0 Å². The molecule has 3 rings (SSSR count). The number of hydrogen-bond donors (Lipinski definition) is 0. The second kappa shape index (κ2) is 5.38. The highest BCUT2D eigenvalue weighted by atomic mass is 32.1. The first kappa shape index (κ1) is 14.5. The molecule has 0 atom stereocenters. The van der Waals surface area contributed by atoms with Crippen molar-refractivity contribution in [3.8, 4) is 0 Å². The number of amides is 1. The van der Waals surface area contributed by atoms with E-state index < -0.39 is 0 Å². The van der Waals surface area contributed by atoms with E-state index in [9.17, 15) is 9.59 Å². The number of rotatable bonds is 3. The number of likely N-dealkylation sites (N-methyl/N-ethyl adjacent to an activating group) is 1. The van der Waals surface area contributed by atoms with Crippen molar-refractivity contribution in [3.05, 3.63) is 39.5 Å². The molecular formula is C14H14N4O3S. The summed E-state index contributed by atoms with van der Waals surface area (Å²) in [6.07, 6.45) is 2.80. The Morgan fingerprint density at radius 3 is 2.91 bits per heavy atom. The van der Waals surface area contributed by atoms with Crippen LogP contribution in [0.15, 0.2) is 28.0 Å². The Labute approximate surface area is 129 Å². The van der Waals surface area contributed by atoms with Crippen LogP contribution in [-0.2, 0) is 11.3 Å². The number of carbonyl (C=O) groups is 1. The molecule has 3 aromatic heterocycles. The summed E-state index contributed by atoms with van der Waals surface area (Å²) >= 11 is 1.48. The average molecular weight is 318 g/mol. The number of nitrogens with zero attached hydrogens (tertiary/aromatic N) is 4. The van der Waals surface area contributed by atoms with Crippen molar-refractivity contribution in [2.45, 2.75) is 20.4 Å². The van der Waals surface area contributed by atoms with E-state index >= 15 is 0 Å². The Bertz CT molecular complexity index is 895. The predicted molar refractivity (Wildman–Crippen MR) is 83.3 cm³/mol. The number of fused-ring (bicyclic) bond motifs is 1. The van der Waals surface area contributed by atoms with Gasteiger partial charge in [-0.3, -0.25) is 19.1 Å². The van der Waals surface area contributed by atoms with Gasteiger partial charge in [0, 0.05) is 18.0 Å². The molecular weight excluding hydrogens is 304 g/mol. The monoisotopic (exact) mass is 318 g/mol. The molecule has 0 aliphatic carbocycles. The fourth-order valence-corrected chi connectivity index (χ4v) is 3.13. The summed E-state index contributed by atoms with van der Waals surface area (Å²) < 4.78 is 6.03. The van der Waals surface area contributed by atoms with Crippen molar-refractivity contribution >= 4 is 33.3 Å². The maximum absolute atomic E-state index is 12.5. The normalized spacial score (nSPS) is 11.0. The Morgan fingerprint density at radius 2 is 2.23 bits per heavy atom. The highest BCUT2D eigenvalue weighted by Gasteiger charge is 2.17. The number of hydrogen-bond acceptors (Lipinski definition) is 6. The minimum atomic E-state index is -0.276. The lowest BCUT2D eigenvalue weighted by Crippen LogP contribution is -2.34. The second-order valence-corrected chi connectivity index (χ2v) is 6.15. The smallest absolute Gasteiger partial charge is 0.262 e. The molecule has 0 spiro atoms. The lowest BCUT2D eigenvalue weighted by Gasteiger charge is -2.14. The largest absolute Gasteiger partial charge is 0.363 e. The molecule has 3 heterocycles. The van der Waals surface area contributed by atoms with Gasteiger partial charge in [0.05, 0.1) is 11.7 Å². The van der Waals surface area contributed by atoms with Crippen molar-refractivity contribution in [3.63, 3.8) is 0 Å². The first-order valence-corrected chi connectivity index (χ1v) is 7.42. The zero-order valence-electron chi connectivity index (χ0n) is 12.4. The highest BCUT2D eigenvalue weighted by Crippen LogP contribution is 2.25. The minimum absolute atomic E-state index is 0.0978. The van der Waals surface area contributed by atoms with Crippen molar-refractivity contribution in [1.29, 1.82) is 0 Å². The molecule has 0 aliphatic rings. The SMILES string of the molecule is Cc1sc2ncn(CC(=O)N(C)c3ccon3)c(=O)c2c1C. The predicted octanol–water partition coefficient (Wildman–Crippen LogP) is 1.73. The van der Waals surface area contributed by atoms with Crippen LogP contribution in [0.25, 0.3) is 10.2 Å². The molecule has 0 aliphatic heterocycles. The lowest BCUT2D eigenvalue weighted by atomic mass is 10.2. The molecule has 8 heteroatoms. The van der Waals surface area contributed by atoms with E-state index in [2.05, 4.69) is 10.1 Å². The molecule has 7 nitrogen and oxygen atoms in total. The lowest BCUT2D eigenvalue weighted by molar-refractivity contribution is -0.119. The Balaban J connectivity index is 1.94. The van der Waals surface area contributed by atoms with Gasteiger partial charge >= 0.3 is 0 Å². The van der Waals surface area contributed by atoms with Gasteiger partial charge in [0.15, 0.2) is 5.82 Å². The van der Waals surface area contributed by atoms with Gasteiger partial charge in [-0.1, -0.05) is 5.16 Å². The summed E-state index contributed by atoms with van der Waals surface area (Å²) in [6, 6.07) is 1.58. The topological polar surface area (TPSA) is 81.2 Å². The van der Waals surface area contributed by atoms with Crippen molar-refractivity contribution < 1.29 is 9.32 Å². The standard InChI is InChI=1S/C14H14N4O3S/c1-8-9(2)22-13-12(8)14(20)18(7-15-13)6-11(19)17(3)10-4-5-21-16-10/h4-5,7H,6H2,1-3H3. The van der Waals surface area contributed by atoms with E-state index in [0.717, 1.165) is 10.4 Å². The zero-order valence-corrected chi connectivity index (χ0v) is 13.2. The third-order valence-electron chi connectivity index (χ3n) is 3.60. The van der Waals surface area contributed by atoms with Gasteiger partial charge in [-0.15, -0.1) is 11.3 Å². The summed E-state index contributed by atoms with van der Waals surface area (Å²) in [5.74, 6) is 0.122. The quantitative estimate of drug-likeness (QED) is 0.734. The summed E-state index contributed by atoms with van der Waals surface area (Å²) in [5, 5.41) is 4.28. The van der Waals surface area contributed by atoms with Gasteiger partial charge in [-0.2, -0.15) is 0 Å².